The van der Waals surface area contributed by atoms with E-state index < -0.39 is 18.4 Å². The third-order valence-electron chi connectivity index (χ3n) is 5.08. The van der Waals surface area contributed by atoms with Gasteiger partial charge in [0, 0.05) is 16.8 Å². The molecule has 0 aliphatic rings. The van der Waals surface area contributed by atoms with Gasteiger partial charge in [-0.1, -0.05) is 29.8 Å². The molecule has 1 amide bonds. The van der Waals surface area contributed by atoms with Crippen molar-refractivity contribution in [3.63, 3.8) is 0 Å². The van der Waals surface area contributed by atoms with E-state index in [1.165, 1.54) is 13.0 Å². The smallest absolute Gasteiger partial charge is 0.340 e. The number of ketones is 2. The average Bonchev–Trinajstić information content (AvgIpc) is 3.06. The number of H-pyrrole nitrogens is 1. The lowest BCUT2D eigenvalue weighted by Gasteiger charge is -2.11. The summed E-state index contributed by atoms with van der Waals surface area (Å²) in [5.74, 6) is -1.70. The minimum atomic E-state index is -0.744. The molecule has 0 saturated heterocycles. The molecular weight excluding hydrogens is 408 g/mol. The number of amides is 1. The minimum absolute atomic E-state index is 0.130. The van der Waals surface area contributed by atoms with Gasteiger partial charge in [0.25, 0.3) is 5.91 Å². The van der Waals surface area contributed by atoms with Gasteiger partial charge < -0.3 is 15.0 Å². The number of nitrogens with one attached hydrogen (secondary N) is 2. The number of Topliss-reactive ketones (excluding diaryl/α,β-unsaturated/α-hetero) is 2. The van der Waals surface area contributed by atoms with E-state index in [0.717, 1.165) is 5.56 Å². The van der Waals surface area contributed by atoms with Gasteiger partial charge in [-0.2, -0.15) is 0 Å². The number of benzene rings is 2. The molecule has 2 aromatic carbocycles. The Hall–Kier alpha value is -4.00. The van der Waals surface area contributed by atoms with Crippen LogP contribution in [0.5, 0.6) is 0 Å². The Morgan fingerprint density at radius 3 is 2.34 bits per heavy atom. The molecule has 0 aliphatic heterocycles. The van der Waals surface area contributed by atoms with Crippen LogP contribution in [0.4, 0.5) is 5.69 Å². The average molecular weight is 432 g/mol. The lowest BCUT2D eigenvalue weighted by molar-refractivity contribution is 0.0474. The Labute approximate surface area is 185 Å². The number of anilines is 1. The van der Waals surface area contributed by atoms with Gasteiger partial charge in [0.05, 0.1) is 16.9 Å². The molecule has 0 spiro atoms. The van der Waals surface area contributed by atoms with Gasteiger partial charge in [0.2, 0.25) is 5.78 Å². The first kappa shape index (κ1) is 22.7. The first-order chi connectivity index (χ1) is 15.2. The molecule has 7 nitrogen and oxygen atoms in total. The van der Waals surface area contributed by atoms with Crippen molar-refractivity contribution < 1.29 is 23.9 Å². The van der Waals surface area contributed by atoms with Gasteiger partial charge in [-0.3, -0.25) is 14.4 Å². The molecule has 0 saturated carbocycles. The number of esters is 1. The maximum Gasteiger partial charge on any atom is 0.340 e. The van der Waals surface area contributed by atoms with Crippen LogP contribution in [0.25, 0.3) is 0 Å². The number of carbonyl (C=O) groups excluding carboxylic acids is 4. The van der Waals surface area contributed by atoms with Crippen molar-refractivity contribution in [1.82, 2.24) is 4.98 Å². The Balaban J connectivity index is 1.73. The molecule has 2 N–H and O–H groups in total. The number of hydrogen-bond acceptors (Lipinski definition) is 5. The van der Waals surface area contributed by atoms with Crippen LogP contribution in [0, 0.1) is 20.8 Å². The molecule has 0 atom stereocenters. The summed E-state index contributed by atoms with van der Waals surface area (Å²) in [6, 6.07) is 13.5. The molecule has 32 heavy (non-hydrogen) atoms. The van der Waals surface area contributed by atoms with Crippen molar-refractivity contribution in [3.05, 3.63) is 87.7 Å². The first-order valence-corrected chi connectivity index (χ1v) is 10.1. The number of carbonyl (C=O) groups is 4. The Kier molecular flexibility index (Phi) is 6.68. The zero-order valence-corrected chi connectivity index (χ0v) is 18.4. The number of rotatable bonds is 7. The molecule has 0 fully saturated rings. The zero-order valence-electron chi connectivity index (χ0n) is 18.4. The predicted molar refractivity (Wildman–Crippen MR) is 120 cm³/mol. The fraction of sp³-hybridized carbons (Fsp3) is 0.200. The fourth-order valence-corrected chi connectivity index (χ4v) is 3.59. The van der Waals surface area contributed by atoms with E-state index in [4.69, 9.17) is 4.74 Å². The summed E-state index contributed by atoms with van der Waals surface area (Å²) in [6.07, 6.45) is 0. The topological polar surface area (TPSA) is 105 Å². The highest BCUT2D eigenvalue weighted by molar-refractivity contribution is 6.09. The van der Waals surface area contributed by atoms with E-state index in [9.17, 15) is 19.2 Å². The molecular formula is C25H24N2O5. The monoisotopic (exact) mass is 432 g/mol. The number of aromatic nitrogens is 1. The standard InChI is InChI=1S/C25H24N2O5/c1-14-8-7-9-18(12-14)24(30)27-20-11-6-5-10-19(20)25(31)32-13-21(29)23-15(2)22(17(4)28)16(3)26-23/h5-12,26H,13H2,1-4H3,(H,27,30). The van der Waals surface area contributed by atoms with Gasteiger partial charge in [-0.05, 0) is 57.5 Å². The lowest BCUT2D eigenvalue weighted by atomic mass is 10.1. The minimum Gasteiger partial charge on any atom is -0.454 e. The molecule has 1 heterocycles. The van der Waals surface area contributed by atoms with Crippen LogP contribution >= 0.6 is 0 Å². The Morgan fingerprint density at radius 1 is 0.969 bits per heavy atom. The van der Waals surface area contributed by atoms with Crippen LogP contribution in [0.3, 0.4) is 0 Å². The molecule has 0 radical (unpaired) electrons. The molecule has 1 aromatic heterocycles. The summed E-state index contributed by atoms with van der Waals surface area (Å²) >= 11 is 0. The maximum atomic E-state index is 12.6. The van der Waals surface area contributed by atoms with Gasteiger partial charge in [-0.15, -0.1) is 0 Å². The second-order valence-corrected chi connectivity index (χ2v) is 7.55. The van der Waals surface area contributed by atoms with E-state index in [0.29, 0.717) is 22.4 Å². The van der Waals surface area contributed by atoms with Crippen molar-refractivity contribution in [3.8, 4) is 0 Å². The van der Waals surface area contributed by atoms with Crippen LogP contribution in [-0.4, -0.2) is 35.0 Å². The number of aromatic amines is 1. The van der Waals surface area contributed by atoms with Crippen LogP contribution in [0.15, 0.2) is 48.5 Å². The SMILES string of the molecule is CC(=O)c1c(C)[nH]c(C(=O)COC(=O)c2ccccc2NC(=O)c2cccc(C)c2)c1C. The lowest BCUT2D eigenvalue weighted by Crippen LogP contribution is -2.18. The van der Waals surface area contributed by atoms with Crippen molar-refractivity contribution >= 4 is 29.1 Å². The van der Waals surface area contributed by atoms with E-state index in [1.807, 2.05) is 13.0 Å². The van der Waals surface area contributed by atoms with Crippen LogP contribution in [0.2, 0.25) is 0 Å². The molecule has 0 bridgehead atoms. The van der Waals surface area contributed by atoms with Gasteiger partial charge >= 0.3 is 5.97 Å². The van der Waals surface area contributed by atoms with Gasteiger partial charge in [-0.25, -0.2) is 4.79 Å². The summed E-state index contributed by atoms with van der Waals surface area (Å²) in [4.78, 5) is 52.5. The molecule has 0 unspecified atom stereocenters. The van der Waals surface area contributed by atoms with Gasteiger partial charge in [0.1, 0.15) is 0 Å². The van der Waals surface area contributed by atoms with E-state index in [2.05, 4.69) is 10.3 Å². The highest BCUT2D eigenvalue weighted by Crippen LogP contribution is 2.20. The summed E-state index contributed by atoms with van der Waals surface area (Å²) < 4.78 is 5.21. The summed E-state index contributed by atoms with van der Waals surface area (Å²) in [5.41, 5.74) is 3.63. The van der Waals surface area contributed by atoms with Crippen molar-refractivity contribution in [1.29, 1.82) is 0 Å². The number of para-hydroxylation sites is 1. The molecule has 7 heteroatoms. The second-order valence-electron chi connectivity index (χ2n) is 7.55. The van der Waals surface area contributed by atoms with E-state index >= 15 is 0 Å². The largest absolute Gasteiger partial charge is 0.454 e. The van der Waals surface area contributed by atoms with Crippen molar-refractivity contribution in [2.45, 2.75) is 27.7 Å². The van der Waals surface area contributed by atoms with E-state index in [-0.39, 0.29) is 28.6 Å². The number of hydrogen-bond donors (Lipinski definition) is 2. The first-order valence-electron chi connectivity index (χ1n) is 10.1. The highest BCUT2D eigenvalue weighted by atomic mass is 16.5. The Morgan fingerprint density at radius 2 is 1.69 bits per heavy atom. The predicted octanol–water partition coefficient (Wildman–Crippen LogP) is 4.43. The summed E-state index contributed by atoms with van der Waals surface area (Å²) in [7, 11) is 0. The fourth-order valence-electron chi connectivity index (χ4n) is 3.59. The van der Waals surface area contributed by atoms with Gasteiger partial charge in [0.15, 0.2) is 12.4 Å². The quantitative estimate of drug-likeness (QED) is 0.424. The van der Waals surface area contributed by atoms with Crippen molar-refractivity contribution in [2.75, 3.05) is 11.9 Å². The third kappa shape index (κ3) is 4.83. The zero-order chi connectivity index (χ0) is 23.4. The van der Waals surface area contributed by atoms with Crippen LogP contribution in [-0.2, 0) is 4.74 Å². The third-order valence-corrected chi connectivity index (χ3v) is 5.08. The normalized spacial score (nSPS) is 10.5. The number of aryl methyl sites for hydroxylation is 2. The molecule has 3 aromatic rings. The maximum absolute atomic E-state index is 12.6. The van der Waals surface area contributed by atoms with E-state index in [1.54, 1.807) is 50.2 Å². The summed E-state index contributed by atoms with van der Waals surface area (Å²) in [6.45, 7) is 6.19. The van der Waals surface area contributed by atoms with Crippen LogP contribution < -0.4 is 5.32 Å². The highest BCUT2D eigenvalue weighted by Gasteiger charge is 2.22. The number of ether oxygens (including phenoxy) is 1. The summed E-state index contributed by atoms with van der Waals surface area (Å²) in [5, 5.41) is 2.72. The molecule has 0 aliphatic carbocycles. The second kappa shape index (κ2) is 9.43. The Bertz CT molecular complexity index is 1220. The molecule has 164 valence electrons. The van der Waals surface area contributed by atoms with Crippen molar-refractivity contribution in [2.24, 2.45) is 0 Å². The van der Waals surface area contributed by atoms with Crippen LogP contribution in [0.1, 0.15) is 65.3 Å². The molecule has 3 rings (SSSR count).